The van der Waals surface area contributed by atoms with Gasteiger partial charge in [0.2, 0.25) is 24.0 Å². The smallest absolute Gasteiger partial charge is 0.340 e. The molecule has 0 aliphatic carbocycles. The summed E-state index contributed by atoms with van der Waals surface area (Å²) in [7, 11) is 0. The van der Waals surface area contributed by atoms with Gasteiger partial charge in [-0.2, -0.15) is 0 Å². The predicted molar refractivity (Wildman–Crippen MR) is 210 cm³/mol. The van der Waals surface area contributed by atoms with Crippen molar-refractivity contribution in [2.45, 2.75) is 119 Å². The second kappa shape index (κ2) is 17.0. The van der Waals surface area contributed by atoms with E-state index in [1.807, 2.05) is 19.9 Å². The molecule has 0 bridgehead atoms. The first-order chi connectivity index (χ1) is 29.7. The summed E-state index contributed by atoms with van der Waals surface area (Å²) in [4.78, 5) is 39.4. The van der Waals surface area contributed by atoms with Crippen molar-refractivity contribution in [1.29, 1.82) is 0 Å². The zero-order chi connectivity index (χ0) is 46.0. The Hall–Kier alpha value is -5.37. The number of nitrogens with two attached hydrogens (primary N) is 1. The molecule has 4 aliphatic heterocycles. The van der Waals surface area contributed by atoms with Crippen LogP contribution >= 0.6 is 0 Å². The number of carboxylic acids is 1. The Labute approximate surface area is 355 Å². The summed E-state index contributed by atoms with van der Waals surface area (Å²) in [5.74, 6) is -12.9. The number of aliphatic hydroxyl groups excluding tert-OH is 6. The zero-order valence-corrected chi connectivity index (χ0v) is 33.6. The number of carboxylic acid groups (broad SMARTS) is 1. The van der Waals surface area contributed by atoms with Crippen molar-refractivity contribution in [2.24, 2.45) is 5.73 Å². The minimum atomic E-state index is -3.55. The third-order valence-electron chi connectivity index (χ3n) is 11.9. The van der Waals surface area contributed by atoms with Crippen molar-refractivity contribution in [3.05, 3.63) is 68.5 Å². The van der Waals surface area contributed by atoms with Crippen LogP contribution in [0.15, 0.2) is 56.4 Å². The van der Waals surface area contributed by atoms with E-state index in [4.69, 9.17) is 29.1 Å². The molecule has 0 radical (unpaired) electrons. The van der Waals surface area contributed by atoms with Gasteiger partial charge in [-0.1, -0.05) is 19.9 Å². The minimum Gasteiger partial charge on any atom is -0.507 e. The van der Waals surface area contributed by atoms with Gasteiger partial charge in [-0.05, 0) is 49.0 Å². The Kier molecular flexibility index (Phi) is 12.3. The Morgan fingerprint density at radius 1 is 0.952 bits per heavy atom. The van der Waals surface area contributed by atoms with Crippen LogP contribution in [0.2, 0.25) is 0 Å². The van der Waals surface area contributed by atoms with E-state index in [0.29, 0.717) is 24.1 Å². The number of ether oxygens (including phenoxy) is 4. The molecule has 22 heteroatoms. The molecule has 2 aromatic carbocycles. The number of aliphatic carboxylic acids is 1. The average Bonchev–Trinajstić information content (AvgIpc) is 3.40. The number of allylic oxidation sites excluding steroid dienone is 3. The van der Waals surface area contributed by atoms with E-state index < -0.39 is 120 Å². The molecule has 11 atom stereocenters. The molecule has 2 fully saturated rings. The number of fused-ring (bicyclic) bond motifs is 2. The average molecular weight is 889 g/mol. The molecule has 63 heavy (non-hydrogen) atoms. The molecule has 22 nitrogen and oxygen atoms in total. The van der Waals surface area contributed by atoms with E-state index in [1.165, 1.54) is 12.1 Å². The number of benzene rings is 2. The van der Waals surface area contributed by atoms with E-state index in [1.54, 1.807) is 0 Å². The number of hydrogen-bond donors (Lipinski definition) is 14. The summed E-state index contributed by atoms with van der Waals surface area (Å²) in [6.45, 7) is 3.31. The zero-order valence-electron chi connectivity index (χ0n) is 33.6. The molecular weight excluding hydrogens is 840 g/mol. The highest BCUT2D eigenvalue weighted by atomic mass is 16.8. The van der Waals surface area contributed by atoms with Crippen LogP contribution in [0.5, 0.6) is 23.0 Å². The van der Waals surface area contributed by atoms with Crippen molar-refractivity contribution in [1.82, 2.24) is 5.32 Å². The van der Waals surface area contributed by atoms with Crippen LogP contribution in [0.4, 0.5) is 0 Å². The highest BCUT2D eigenvalue weighted by Crippen LogP contribution is 2.53. The van der Waals surface area contributed by atoms with Crippen molar-refractivity contribution >= 4 is 22.9 Å². The lowest BCUT2D eigenvalue weighted by Crippen LogP contribution is -2.70. The Morgan fingerprint density at radius 3 is 2.32 bits per heavy atom. The standard InChI is InChI=1S/C41H48N2O20/c1-3-14-10-18(19(4-2)43-36(14)42)17-5-7-40(33(52)30(50)29(49)32(63-40)38(56)61-39-31(51)34(53)41(57,58)35(60-39)37(54)55)62-24-13-23-26(28(48)25(17)24)20(45)12-22(59-23)16-9-15(6-8-44)27(47)21(46)11-16/h9-13,17,29-36,39,43-44,46-53,57-58H,3-8,42H2,1-2H3,(H,54,55). The van der Waals surface area contributed by atoms with E-state index in [0.717, 1.165) is 17.7 Å². The molecule has 1 spiro atoms. The summed E-state index contributed by atoms with van der Waals surface area (Å²) < 4.78 is 28.5. The summed E-state index contributed by atoms with van der Waals surface area (Å²) in [6.07, 6.45) is -17.9. The largest absolute Gasteiger partial charge is 0.507 e. The second-order valence-electron chi connectivity index (χ2n) is 15.8. The van der Waals surface area contributed by atoms with Crippen molar-refractivity contribution < 1.29 is 94.2 Å². The molecule has 5 heterocycles. The predicted octanol–water partition coefficient (Wildman–Crippen LogP) is -1.81. The van der Waals surface area contributed by atoms with Crippen LogP contribution in [0, 0.1) is 0 Å². The van der Waals surface area contributed by atoms with Crippen LogP contribution < -0.4 is 21.2 Å². The third-order valence-corrected chi connectivity index (χ3v) is 11.9. The lowest BCUT2D eigenvalue weighted by atomic mass is 9.80. The molecule has 0 amide bonds. The van der Waals surface area contributed by atoms with E-state index in [-0.39, 0.29) is 52.0 Å². The topological polar surface area (TPSA) is 382 Å². The van der Waals surface area contributed by atoms with E-state index >= 15 is 0 Å². The van der Waals surface area contributed by atoms with Gasteiger partial charge in [0.25, 0.3) is 0 Å². The second-order valence-corrected chi connectivity index (χ2v) is 15.8. The molecule has 1 aromatic heterocycles. The van der Waals surface area contributed by atoms with Crippen LogP contribution in [-0.2, 0) is 30.2 Å². The van der Waals surface area contributed by atoms with Gasteiger partial charge in [-0.25, -0.2) is 9.59 Å². The van der Waals surface area contributed by atoms with Gasteiger partial charge in [-0.3, -0.25) is 4.79 Å². The van der Waals surface area contributed by atoms with Gasteiger partial charge in [0.1, 0.15) is 58.7 Å². The van der Waals surface area contributed by atoms with Gasteiger partial charge < -0.3 is 95.7 Å². The lowest BCUT2D eigenvalue weighted by Gasteiger charge is -2.47. The van der Waals surface area contributed by atoms with Crippen molar-refractivity contribution in [3.63, 3.8) is 0 Å². The first kappa shape index (κ1) is 45.6. The SMILES string of the molecule is CCC1=CC(C2CCC3(Oc4cc5oc(-c6cc(O)c(O)c(CCO)c6)cc(=O)c5c(O)c42)OC(C(=O)OC2OC(C(=O)O)C(O)(O)C(O)C2O)C(O)C(O)C3O)=C(CC)NC1N. The fourth-order valence-corrected chi connectivity index (χ4v) is 8.56. The maximum absolute atomic E-state index is 14.0. The molecule has 4 aliphatic rings. The fraction of sp³-hybridized carbons (Fsp3) is 0.488. The quantitative estimate of drug-likeness (QED) is 0.0639. The number of phenolic OH excluding ortho intramolecular Hbond substituents is 3. The van der Waals surface area contributed by atoms with Gasteiger partial charge >= 0.3 is 11.9 Å². The molecule has 11 unspecified atom stereocenters. The van der Waals surface area contributed by atoms with Crippen LogP contribution in [0.1, 0.15) is 56.6 Å². The number of esters is 1. The van der Waals surface area contributed by atoms with Gasteiger partial charge in [-0.15, -0.1) is 0 Å². The highest BCUT2D eigenvalue weighted by Gasteiger charge is 2.62. The normalized spacial score (nSPS) is 31.7. The molecule has 15 N–H and O–H groups in total. The summed E-state index contributed by atoms with van der Waals surface area (Å²) in [5, 5.41) is 130. The maximum atomic E-state index is 14.0. The minimum absolute atomic E-state index is 0.0312. The molecule has 0 saturated carbocycles. The van der Waals surface area contributed by atoms with E-state index in [2.05, 4.69) is 5.32 Å². The first-order valence-corrected chi connectivity index (χ1v) is 20.0. The molecular formula is C41H48N2O20. The number of dihydropyridines is 1. The molecule has 3 aromatic rings. The first-order valence-electron chi connectivity index (χ1n) is 20.0. The Bertz CT molecular complexity index is 2430. The van der Waals surface area contributed by atoms with Crippen LogP contribution in [-0.4, -0.2) is 147 Å². The van der Waals surface area contributed by atoms with E-state index in [9.17, 15) is 75.7 Å². The van der Waals surface area contributed by atoms with Gasteiger partial charge in [0.05, 0.1) is 6.17 Å². The lowest BCUT2D eigenvalue weighted by molar-refractivity contribution is -0.375. The number of rotatable bonds is 9. The number of aromatic hydroxyl groups is 3. The van der Waals surface area contributed by atoms with Gasteiger partial charge in [0, 0.05) is 53.5 Å². The maximum Gasteiger partial charge on any atom is 0.340 e. The van der Waals surface area contributed by atoms with Gasteiger partial charge in [0.15, 0.2) is 23.0 Å². The van der Waals surface area contributed by atoms with Crippen LogP contribution in [0.3, 0.4) is 0 Å². The Morgan fingerprint density at radius 2 is 1.67 bits per heavy atom. The van der Waals surface area contributed by atoms with Crippen molar-refractivity contribution in [2.75, 3.05) is 6.61 Å². The van der Waals surface area contributed by atoms with Crippen molar-refractivity contribution in [3.8, 4) is 34.3 Å². The number of carbonyl (C=O) groups is 2. The summed E-state index contributed by atoms with van der Waals surface area (Å²) >= 11 is 0. The monoisotopic (exact) mass is 888 g/mol. The van der Waals surface area contributed by atoms with Crippen LogP contribution in [0.25, 0.3) is 22.3 Å². The molecule has 7 rings (SSSR count). The fourth-order valence-electron chi connectivity index (χ4n) is 8.56. The third kappa shape index (κ3) is 7.75. The number of phenols is 3. The summed E-state index contributed by atoms with van der Waals surface area (Å²) in [6, 6.07) is 4.68. The number of nitrogens with one attached hydrogen (secondary N) is 1. The number of carbonyl (C=O) groups excluding carboxylic acids is 1. The molecule has 2 saturated heterocycles. The molecule has 342 valence electrons. The number of aliphatic hydroxyl groups is 8. The Balaban J connectivity index is 1.36. The number of hydrogen-bond acceptors (Lipinski definition) is 21. The summed E-state index contributed by atoms with van der Waals surface area (Å²) in [5.41, 5.74) is 7.43. The highest BCUT2D eigenvalue weighted by molar-refractivity contribution is 5.89.